The maximum absolute atomic E-state index is 12.9. The van der Waals surface area contributed by atoms with Crippen molar-refractivity contribution < 1.29 is 13.9 Å². The van der Waals surface area contributed by atoms with Crippen molar-refractivity contribution >= 4 is 17.3 Å². The van der Waals surface area contributed by atoms with Gasteiger partial charge in [-0.15, -0.1) is 0 Å². The second kappa shape index (κ2) is 11.1. The first kappa shape index (κ1) is 19.8. The van der Waals surface area contributed by atoms with Crippen LogP contribution in [0.25, 0.3) is 0 Å². The Labute approximate surface area is 154 Å². The summed E-state index contributed by atoms with van der Waals surface area (Å²) in [6.45, 7) is 3.03. The van der Waals surface area contributed by atoms with E-state index in [0.717, 1.165) is 17.9 Å². The Morgan fingerprint density at radius 1 is 1.00 bits per heavy atom. The summed E-state index contributed by atoms with van der Waals surface area (Å²) in [5.41, 5.74) is 1.39. The lowest BCUT2D eigenvalue weighted by Crippen LogP contribution is -2.21. The standard InChI is InChI=1S/C21H27FN2O2/c1-2-3-4-5-6-14-26-20-9-7-8-19(15-20)23-16-21(25)24-18-12-10-17(22)11-13-18/h7-13,15,23H,2-6,14,16H2,1H3,(H,24,25). The van der Waals surface area contributed by atoms with Crippen LogP contribution in [0.4, 0.5) is 15.8 Å². The Balaban J connectivity index is 1.71. The Morgan fingerprint density at radius 2 is 1.77 bits per heavy atom. The van der Waals surface area contributed by atoms with Crippen LogP contribution in [-0.4, -0.2) is 19.1 Å². The van der Waals surface area contributed by atoms with Gasteiger partial charge >= 0.3 is 0 Å². The van der Waals surface area contributed by atoms with Crippen molar-refractivity contribution in [1.82, 2.24) is 0 Å². The van der Waals surface area contributed by atoms with Gasteiger partial charge in [0.05, 0.1) is 13.2 Å². The average Bonchev–Trinajstić information content (AvgIpc) is 2.65. The number of nitrogens with one attached hydrogen (secondary N) is 2. The second-order valence-corrected chi connectivity index (χ2v) is 6.20. The largest absolute Gasteiger partial charge is 0.494 e. The molecule has 0 radical (unpaired) electrons. The second-order valence-electron chi connectivity index (χ2n) is 6.20. The molecular weight excluding hydrogens is 331 g/mol. The molecule has 5 heteroatoms. The number of ether oxygens (including phenoxy) is 1. The number of unbranched alkanes of at least 4 members (excludes halogenated alkanes) is 4. The molecule has 1 amide bonds. The lowest BCUT2D eigenvalue weighted by Gasteiger charge is -2.10. The van der Waals surface area contributed by atoms with E-state index < -0.39 is 0 Å². The SMILES string of the molecule is CCCCCCCOc1cccc(NCC(=O)Nc2ccc(F)cc2)c1. The Kier molecular flexibility index (Phi) is 8.46. The summed E-state index contributed by atoms with van der Waals surface area (Å²) >= 11 is 0. The lowest BCUT2D eigenvalue weighted by molar-refractivity contribution is -0.114. The zero-order valence-corrected chi connectivity index (χ0v) is 15.3. The first-order chi connectivity index (χ1) is 12.7. The van der Waals surface area contributed by atoms with Gasteiger partial charge < -0.3 is 15.4 Å². The van der Waals surface area contributed by atoms with Gasteiger partial charge in [-0.3, -0.25) is 4.79 Å². The van der Waals surface area contributed by atoms with E-state index in [1.807, 2.05) is 24.3 Å². The fraction of sp³-hybridized carbons (Fsp3) is 0.381. The van der Waals surface area contributed by atoms with Crippen molar-refractivity contribution in [1.29, 1.82) is 0 Å². The van der Waals surface area contributed by atoms with Gasteiger partial charge in [0.1, 0.15) is 11.6 Å². The Bertz CT molecular complexity index is 674. The molecule has 0 saturated carbocycles. The molecule has 0 unspecified atom stereocenters. The number of benzene rings is 2. The minimum Gasteiger partial charge on any atom is -0.494 e. The number of hydrogen-bond donors (Lipinski definition) is 2. The maximum Gasteiger partial charge on any atom is 0.243 e. The highest BCUT2D eigenvalue weighted by Crippen LogP contribution is 2.18. The van der Waals surface area contributed by atoms with Gasteiger partial charge in [-0.25, -0.2) is 4.39 Å². The van der Waals surface area contributed by atoms with Crippen molar-refractivity contribution in [2.24, 2.45) is 0 Å². The highest BCUT2D eigenvalue weighted by Gasteiger charge is 2.03. The zero-order valence-electron chi connectivity index (χ0n) is 15.3. The molecule has 2 aromatic carbocycles. The summed E-state index contributed by atoms with van der Waals surface area (Å²) in [6.07, 6.45) is 6.01. The summed E-state index contributed by atoms with van der Waals surface area (Å²) in [5, 5.41) is 5.78. The number of halogens is 1. The van der Waals surface area contributed by atoms with Crippen molar-refractivity contribution in [2.75, 3.05) is 23.8 Å². The van der Waals surface area contributed by atoms with Gasteiger partial charge in [0, 0.05) is 17.4 Å². The molecule has 0 fully saturated rings. The number of hydrogen-bond acceptors (Lipinski definition) is 3. The van der Waals surface area contributed by atoms with E-state index in [1.54, 1.807) is 0 Å². The van der Waals surface area contributed by atoms with Crippen LogP contribution in [0.2, 0.25) is 0 Å². The van der Waals surface area contributed by atoms with E-state index in [1.165, 1.54) is 49.9 Å². The van der Waals surface area contributed by atoms with E-state index in [-0.39, 0.29) is 18.3 Å². The van der Waals surface area contributed by atoms with Gasteiger partial charge in [0.25, 0.3) is 0 Å². The van der Waals surface area contributed by atoms with Crippen LogP contribution in [-0.2, 0) is 4.79 Å². The monoisotopic (exact) mass is 358 g/mol. The van der Waals surface area contributed by atoms with Crippen LogP contribution in [0.3, 0.4) is 0 Å². The van der Waals surface area contributed by atoms with E-state index >= 15 is 0 Å². The van der Waals surface area contributed by atoms with Gasteiger partial charge in [-0.1, -0.05) is 38.7 Å². The molecule has 0 aromatic heterocycles. The number of carbonyl (C=O) groups is 1. The first-order valence-corrected chi connectivity index (χ1v) is 9.19. The lowest BCUT2D eigenvalue weighted by atomic mass is 10.2. The predicted molar refractivity (Wildman–Crippen MR) is 104 cm³/mol. The third-order valence-corrected chi connectivity index (χ3v) is 3.93. The molecule has 26 heavy (non-hydrogen) atoms. The third kappa shape index (κ3) is 7.55. The topological polar surface area (TPSA) is 50.4 Å². The van der Waals surface area contributed by atoms with E-state index in [4.69, 9.17) is 4.74 Å². The molecule has 2 aromatic rings. The van der Waals surface area contributed by atoms with Crippen molar-refractivity contribution in [2.45, 2.75) is 39.0 Å². The molecule has 2 rings (SSSR count). The minimum absolute atomic E-state index is 0.123. The third-order valence-electron chi connectivity index (χ3n) is 3.93. The number of rotatable bonds is 11. The molecule has 4 nitrogen and oxygen atoms in total. The normalized spacial score (nSPS) is 10.4. The fourth-order valence-electron chi connectivity index (χ4n) is 2.51. The summed E-state index contributed by atoms with van der Waals surface area (Å²) < 4.78 is 18.6. The molecule has 0 saturated heterocycles. The molecule has 0 bridgehead atoms. The van der Waals surface area contributed by atoms with Gasteiger partial charge in [0.15, 0.2) is 0 Å². The van der Waals surface area contributed by atoms with Gasteiger partial charge in [0.2, 0.25) is 5.91 Å². The smallest absolute Gasteiger partial charge is 0.243 e. The van der Waals surface area contributed by atoms with Crippen LogP contribution in [0.15, 0.2) is 48.5 Å². The Hall–Kier alpha value is -2.56. The predicted octanol–water partition coefficient (Wildman–Crippen LogP) is 5.23. The van der Waals surface area contributed by atoms with E-state index in [9.17, 15) is 9.18 Å². The summed E-state index contributed by atoms with van der Waals surface area (Å²) in [4.78, 5) is 12.0. The van der Waals surface area contributed by atoms with Gasteiger partial charge in [-0.05, 0) is 42.8 Å². The molecule has 0 atom stereocenters. The number of carbonyl (C=O) groups excluding carboxylic acids is 1. The highest BCUT2D eigenvalue weighted by molar-refractivity contribution is 5.93. The number of anilines is 2. The molecule has 0 spiro atoms. The van der Waals surface area contributed by atoms with E-state index in [2.05, 4.69) is 17.6 Å². The van der Waals surface area contributed by atoms with E-state index in [0.29, 0.717) is 12.3 Å². The fourth-order valence-corrected chi connectivity index (χ4v) is 2.51. The highest BCUT2D eigenvalue weighted by atomic mass is 19.1. The molecule has 0 aliphatic carbocycles. The van der Waals surface area contributed by atoms with Crippen molar-refractivity contribution in [3.8, 4) is 5.75 Å². The first-order valence-electron chi connectivity index (χ1n) is 9.19. The molecule has 0 aliphatic rings. The summed E-state index contributed by atoms with van der Waals surface area (Å²) in [7, 11) is 0. The van der Waals surface area contributed by atoms with Gasteiger partial charge in [-0.2, -0.15) is 0 Å². The maximum atomic E-state index is 12.9. The molecule has 0 aliphatic heterocycles. The van der Waals surface area contributed by atoms with Crippen LogP contribution >= 0.6 is 0 Å². The van der Waals surface area contributed by atoms with Crippen LogP contribution in [0.1, 0.15) is 39.0 Å². The Morgan fingerprint density at radius 3 is 2.54 bits per heavy atom. The van der Waals surface area contributed by atoms with Crippen LogP contribution in [0, 0.1) is 5.82 Å². The molecule has 2 N–H and O–H groups in total. The molecule has 0 heterocycles. The van der Waals surface area contributed by atoms with Crippen molar-refractivity contribution in [3.05, 3.63) is 54.3 Å². The van der Waals surface area contributed by atoms with Crippen LogP contribution in [0.5, 0.6) is 5.75 Å². The average molecular weight is 358 g/mol. The zero-order chi connectivity index (χ0) is 18.6. The quantitative estimate of drug-likeness (QED) is 0.541. The molecule has 140 valence electrons. The molecular formula is C21H27FN2O2. The summed E-state index contributed by atoms with van der Waals surface area (Å²) in [5.74, 6) is 0.270. The summed E-state index contributed by atoms with van der Waals surface area (Å²) in [6, 6.07) is 13.3. The van der Waals surface area contributed by atoms with Crippen LogP contribution < -0.4 is 15.4 Å². The van der Waals surface area contributed by atoms with Crippen molar-refractivity contribution in [3.63, 3.8) is 0 Å². The minimum atomic E-state index is -0.330. The number of amides is 1.